The zero-order valence-electron chi connectivity index (χ0n) is 14.1. The van der Waals surface area contributed by atoms with Crippen LogP contribution in [0, 0.1) is 0 Å². The van der Waals surface area contributed by atoms with Gasteiger partial charge in [-0.3, -0.25) is 4.79 Å². The van der Waals surface area contributed by atoms with Crippen LogP contribution < -0.4 is 10.1 Å². The fourth-order valence-electron chi connectivity index (χ4n) is 2.04. The molecule has 0 unspecified atom stereocenters. The maximum atomic E-state index is 11.2. The van der Waals surface area contributed by atoms with Crippen molar-refractivity contribution < 1.29 is 14.3 Å². The number of nitrogens with one attached hydrogen (secondary N) is 1. The summed E-state index contributed by atoms with van der Waals surface area (Å²) < 4.78 is 10.7. The molecule has 0 amide bonds. The SMILES string of the molecule is CCOC(=O)CCCCCOc1cccc(CNC(C)C)c1. The Hall–Kier alpha value is -1.55. The molecule has 22 heavy (non-hydrogen) atoms. The molecule has 0 radical (unpaired) electrons. The predicted molar refractivity (Wildman–Crippen MR) is 89.0 cm³/mol. The molecule has 124 valence electrons. The van der Waals surface area contributed by atoms with E-state index in [1.54, 1.807) is 0 Å². The van der Waals surface area contributed by atoms with Crippen LogP contribution in [0.2, 0.25) is 0 Å². The van der Waals surface area contributed by atoms with Crippen LogP contribution >= 0.6 is 0 Å². The van der Waals surface area contributed by atoms with E-state index in [1.165, 1.54) is 5.56 Å². The first-order valence-corrected chi connectivity index (χ1v) is 8.22. The van der Waals surface area contributed by atoms with Gasteiger partial charge in [-0.1, -0.05) is 26.0 Å². The summed E-state index contributed by atoms with van der Waals surface area (Å²) in [6.07, 6.45) is 3.30. The van der Waals surface area contributed by atoms with Crippen LogP contribution in [0.1, 0.15) is 52.0 Å². The molecule has 0 aliphatic heterocycles. The molecule has 0 saturated carbocycles. The van der Waals surface area contributed by atoms with Crippen LogP contribution in [0.5, 0.6) is 5.75 Å². The van der Waals surface area contributed by atoms with Crippen LogP contribution in [0.4, 0.5) is 0 Å². The number of carbonyl (C=O) groups is 1. The van der Waals surface area contributed by atoms with E-state index in [9.17, 15) is 4.79 Å². The fraction of sp³-hybridized carbons (Fsp3) is 0.611. The first kappa shape index (κ1) is 18.5. The van der Waals surface area contributed by atoms with E-state index < -0.39 is 0 Å². The first-order valence-electron chi connectivity index (χ1n) is 8.22. The van der Waals surface area contributed by atoms with Crippen molar-refractivity contribution in [3.63, 3.8) is 0 Å². The lowest BCUT2D eigenvalue weighted by molar-refractivity contribution is -0.143. The van der Waals surface area contributed by atoms with Crippen molar-refractivity contribution in [1.29, 1.82) is 0 Å². The molecule has 0 atom stereocenters. The zero-order chi connectivity index (χ0) is 16.2. The topological polar surface area (TPSA) is 47.6 Å². The van der Waals surface area contributed by atoms with Crippen molar-refractivity contribution in [2.24, 2.45) is 0 Å². The number of unbranched alkanes of at least 4 members (excludes halogenated alkanes) is 2. The molecule has 0 spiro atoms. The molecular formula is C18H29NO3. The predicted octanol–water partition coefficient (Wildman–Crippen LogP) is 3.69. The van der Waals surface area contributed by atoms with E-state index in [-0.39, 0.29) is 5.97 Å². The normalized spacial score (nSPS) is 10.7. The first-order chi connectivity index (χ1) is 10.6. The van der Waals surface area contributed by atoms with E-state index in [0.717, 1.165) is 31.6 Å². The fourth-order valence-corrected chi connectivity index (χ4v) is 2.04. The van der Waals surface area contributed by atoms with Crippen molar-refractivity contribution in [3.05, 3.63) is 29.8 Å². The van der Waals surface area contributed by atoms with Crippen LogP contribution in [0.25, 0.3) is 0 Å². The van der Waals surface area contributed by atoms with Gasteiger partial charge in [-0.2, -0.15) is 0 Å². The third-order valence-corrected chi connectivity index (χ3v) is 3.21. The molecular weight excluding hydrogens is 278 g/mol. The van der Waals surface area contributed by atoms with E-state index in [4.69, 9.17) is 9.47 Å². The maximum Gasteiger partial charge on any atom is 0.305 e. The lowest BCUT2D eigenvalue weighted by Crippen LogP contribution is -2.21. The Labute approximate surface area is 134 Å². The number of carbonyl (C=O) groups excluding carboxylic acids is 1. The summed E-state index contributed by atoms with van der Waals surface area (Å²) in [5, 5.41) is 3.39. The molecule has 1 aromatic carbocycles. The Bertz CT molecular complexity index is 432. The number of esters is 1. The van der Waals surface area contributed by atoms with Crippen LogP contribution in [-0.2, 0) is 16.1 Å². The summed E-state index contributed by atoms with van der Waals surface area (Å²) in [4.78, 5) is 11.2. The quantitative estimate of drug-likeness (QED) is 0.500. The minimum Gasteiger partial charge on any atom is -0.494 e. The summed E-state index contributed by atoms with van der Waals surface area (Å²) in [6.45, 7) is 8.10. The highest BCUT2D eigenvalue weighted by Crippen LogP contribution is 2.14. The number of benzene rings is 1. The molecule has 0 aromatic heterocycles. The van der Waals surface area contributed by atoms with Gasteiger partial charge in [-0.15, -0.1) is 0 Å². The van der Waals surface area contributed by atoms with Crippen LogP contribution in [-0.4, -0.2) is 25.2 Å². The molecule has 4 heteroatoms. The molecule has 4 nitrogen and oxygen atoms in total. The number of ether oxygens (including phenoxy) is 2. The number of hydrogen-bond acceptors (Lipinski definition) is 4. The number of hydrogen-bond donors (Lipinski definition) is 1. The number of rotatable bonds is 11. The van der Waals surface area contributed by atoms with Gasteiger partial charge in [-0.25, -0.2) is 0 Å². The third-order valence-electron chi connectivity index (χ3n) is 3.21. The van der Waals surface area contributed by atoms with Gasteiger partial charge in [-0.05, 0) is 43.9 Å². The minimum atomic E-state index is -0.103. The Morgan fingerprint density at radius 2 is 2.05 bits per heavy atom. The highest BCUT2D eigenvalue weighted by molar-refractivity contribution is 5.69. The Balaban J connectivity index is 2.16. The molecule has 0 aliphatic carbocycles. The van der Waals surface area contributed by atoms with E-state index >= 15 is 0 Å². The van der Waals surface area contributed by atoms with Gasteiger partial charge in [0.2, 0.25) is 0 Å². The van der Waals surface area contributed by atoms with Gasteiger partial charge in [0, 0.05) is 19.0 Å². The Morgan fingerprint density at radius 3 is 2.77 bits per heavy atom. The van der Waals surface area contributed by atoms with Gasteiger partial charge in [0.25, 0.3) is 0 Å². The summed E-state index contributed by atoms with van der Waals surface area (Å²) >= 11 is 0. The molecule has 1 rings (SSSR count). The summed E-state index contributed by atoms with van der Waals surface area (Å²) in [6, 6.07) is 8.66. The van der Waals surface area contributed by atoms with Gasteiger partial charge in [0.1, 0.15) is 5.75 Å². The highest BCUT2D eigenvalue weighted by atomic mass is 16.5. The molecule has 0 bridgehead atoms. The highest BCUT2D eigenvalue weighted by Gasteiger charge is 2.01. The third kappa shape index (κ3) is 8.67. The second kappa shape index (κ2) is 11.1. The average molecular weight is 307 g/mol. The Kier molecular flexibility index (Phi) is 9.31. The lowest BCUT2D eigenvalue weighted by Gasteiger charge is -2.10. The molecule has 0 fully saturated rings. The molecule has 0 aliphatic rings. The molecule has 0 saturated heterocycles. The zero-order valence-corrected chi connectivity index (χ0v) is 14.1. The van der Waals surface area contributed by atoms with Gasteiger partial charge in [0.05, 0.1) is 13.2 Å². The van der Waals surface area contributed by atoms with Crippen molar-refractivity contribution in [2.45, 2.75) is 59.0 Å². The standard InChI is InChI=1S/C18H29NO3/c1-4-21-18(20)11-6-5-7-12-22-17-10-8-9-16(13-17)14-19-15(2)3/h8-10,13,15,19H,4-7,11-12,14H2,1-3H3. The summed E-state index contributed by atoms with van der Waals surface area (Å²) in [5.74, 6) is 0.808. The van der Waals surface area contributed by atoms with E-state index in [1.807, 2.05) is 19.1 Å². The van der Waals surface area contributed by atoms with Gasteiger partial charge >= 0.3 is 5.97 Å². The second-order valence-corrected chi connectivity index (χ2v) is 5.65. The van der Waals surface area contributed by atoms with Crippen molar-refractivity contribution in [1.82, 2.24) is 5.32 Å². The minimum absolute atomic E-state index is 0.103. The van der Waals surface area contributed by atoms with Gasteiger partial charge in [0.15, 0.2) is 0 Å². The van der Waals surface area contributed by atoms with Gasteiger partial charge < -0.3 is 14.8 Å². The maximum absolute atomic E-state index is 11.2. The van der Waals surface area contributed by atoms with E-state index in [2.05, 4.69) is 31.3 Å². The molecule has 1 N–H and O–H groups in total. The van der Waals surface area contributed by atoms with E-state index in [0.29, 0.717) is 25.7 Å². The summed E-state index contributed by atoms with van der Waals surface area (Å²) in [5.41, 5.74) is 1.23. The van der Waals surface area contributed by atoms with Crippen LogP contribution in [0.15, 0.2) is 24.3 Å². The van der Waals surface area contributed by atoms with Crippen molar-refractivity contribution >= 4 is 5.97 Å². The molecule has 1 aromatic rings. The largest absolute Gasteiger partial charge is 0.494 e. The monoisotopic (exact) mass is 307 g/mol. The summed E-state index contributed by atoms with van der Waals surface area (Å²) in [7, 11) is 0. The van der Waals surface area contributed by atoms with Crippen molar-refractivity contribution in [2.75, 3.05) is 13.2 Å². The second-order valence-electron chi connectivity index (χ2n) is 5.65. The average Bonchev–Trinajstić information content (AvgIpc) is 2.49. The van der Waals surface area contributed by atoms with Crippen molar-refractivity contribution in [3.8, 4) is 5.75 Å². The van der Waals surface area contributed by atoms with Crippen LogP contribution in [0.3, 0.4) is 0 Å². The lowest BCUT2D eigenvalue weighted by atomic mass is 10.2. The molecule has 0 heterocycles. The Morgan fingerprint density at radius 1 is 1.23 bits per heavy atom. The smallest absolute Gasteiger partial charge is 0.305 e.